The Morgan fingerprint density at radius 1 is 1.32 bits per heavy atom. The number of carbonyl (C=O) groups is 1. The molecule has 140 valence electrons. The number of halogens is 2. The number of benzene rings is 1. The molecule has 1 amide bonds. The monoisotopic (exact) mass is 404 g/mol. The highest BCUT2D eigenvalue weighted by Gasteiger charge is 2.29. The van der Waals surface area contributed by atoms with Crippen molar-refractivity contribution in [3.05, 3.63) is 34.9 Å². The summed E-state index contributed by atoms with van der Waals surface area (Å²) in [6.07, 6.45) is 1.82. The van der Waals surface area contributed by atoms with E-state index in [1.807, 2.05) is 40.9 Å². The molecule has 0 aromatic heterocycles. The van der Waals surface area contributed by atoms with Gasteiger partial charge in [-0.3, -0.25) is 4.79 Å². The number of aliphatic hydroxyl groups excluding tert-OH is 1. The van der Waals surface area contributed by atoms with Crippen molar-refractivity contribution in [3.63, 3.8) is 0 Å². The summed E-state index contributed by atoms with van der Waals surface area (Å²) in [4.78, 5) is 14.4. The Hall–Kier alpha value is -0.460. The van der Waals surface area contributed by atoms with Gasteiger partial charge in [0.05, 0.1) is 6.10 Å². The van der Waals surface area contributed by atoms with E-state index in [2.05, 4.69) is 5.32 Å². The minimum absolute atomic E-state index is 0. The molecule has 0 spiro atoms. The van der Waals surface area contributed by atoms with Gasteiger partial charge in [-0.1, -0.05) is 23.7 Å². The second-order valence-electron chi connectivity index (χ2n) is 6.64. The Kier molecular flexibility index (Phi) is 8.36. The number of thioether (sulfide) groups is 1. The third-order valence-corrected chi connectivity index (χ3v) is 6.35. The van der Waals surface area contributed by atoms with Crippen molar-refractivity contribution >= 4 is 41.7 Å². The molecule has 2 atom stereocenters. The summed E-state index contributed by atoms with van der Waals surface area (Å²) < 4.78 is 0. The number of aliphatic hydroxyl groups is 1. The van der Waals surface area contributed by atoms with Crippen LogP contribution in [0.3, 0.4) is 0 Å². The summed E-state index contributed by atoms with van der Waals surface area (Å²) in [7, 11) is 0. The van der Waals surface area contributed by atoms with Crippen LogP contribution >= 0.6 is 35.8 Å². The van der Waals surface area contributed by atoms with E-state index in [-0.39, 0.29) is 24.2 Å². The summed E-state index contributed by atoms with van der Waals surface area (Å²) in [6.45, 7) is 2.49. The topological polar surface area (TPSA) is 52.6 Å². The Morgan fingerprint density at radius 2 is 2.00 bits per heavy atom. The van der Waals surface area contributed by atoms with E-state index in [0.717, 1.165) is 49.5 Å². The van der Waals surface area contributed by atoms with E-state index >= 15 is 0 Å². The molecule has 0 aliphatic carbocycles. The summed E-state index contributed by atoms with van der Waals surface area (Å²) in [5.74, 6) is 2.61. The quantitative estimate of drug-likeness (QED) is 0.808. The lowest BCUT2D eigenvalue weighted by Crippen LogP contribution is -2.45. The van der Waals surface area contributed by atoms with Crippen LogP contribution in [0.4, 0.5) is 0 Å². The standard InChI is InChI=1S/C18H25ClN2O2S.ClH/c19-15-3-1-13(2-4-15)18(23)14-5-8-21(9-6-14)17(22)11-16-12-24-10-7-20-16;/h1-4,14,16,18,20,23H,5-12H2;1H. The lowest BCUT2D eigenvalue weighted by molar-refractivity contribution is -0.133. The van der Waals surface area contributed by atoms with E-state index in [4.69, 9.17) is 11.6 Å². The van der Waals surface area contributed by atoms with Gasteiger partial charge in [-0.2, -0.15) is 11.8 Å². The molecule has 3 rings (SSSR count). The number of carbonyl (C=O) groups excluding carboxylic acids is 1. The second kappa shape index (κ2) is 10.0. The zero-order chi connectivity index (χ0) is 16.9. The van der Waals surface area contributed by atoms with Crippen LogP contribution in [-0.4, -0.2) is 53.1 Å². The number of nitrogens with one attached hydrogen (secondary N) is 1. The van der Waals surface area contributed by atoms with Crippen LogP contribution in [0, 0.1) is 5.92 Å². The van der Waals surface area contributed by atoms with Gasteiger partial charge >= 0.3 is 0 Å². The van der Waals surface area contributed by atoms with Gasteiger partial charge in [0.1, 0.15) is 0 Å². The fraction of sp³-hybridized carbons (Fsp3) is 0.611. The van der Waals surface area contributed by atoms with Crippen LogP contribution in [0.5, 0.6) is 0 Å². The van der Waals surface area contributed by atoms with Gasteiger partial charge in [-0.15, -0.1) is 12.4 Å². The molecule has 2 aliphatic heterocycles. The number of nitrogens with zero attached hydrogens (tertiary/aromatic N) is 1. The van der Waals surface area contributed by atoms with Crippen molar-refractivity contribution in [1.29, 1.82) is 0 Å². The van der Waals surface area contributed by atoms with E-state index in [0.29, 0.717) is 17.5 Å². The van der Waals surface area contributed by atoms with E-state index < -0.39 is 6.10 Å². The average Bonchev–Trinajstić information content (AvgIpc) is 2.63. The first kappa shape index (κ1) is 20.8. The van der Waals surface area contributed by atoms with E-state index in [1.165, 1.54) is 0 Å². The zero-order valence-electron chi connectivity index (χ0n) is 14.2. The minimum Gasteiger partial charge on any atom is -0.388 e. The van der Waals surface area contributed by atoms with Gasteiger partial charge in [0, 0.05) is 48.6 Å². The van der Waals surface area contributed by atoms with Crippen molar-refractivity contribution in [2.75, 3.05) is 31.1 Å². The normalized spacial score (nSPS) is 23.0. The lowest BCUT2D eigenvalue weighted by atomic mass is 9.87. The molecule has 1 aromatic rings. The highest BCUT2D eigenvalue weighted by molar-refractivity contribution is 7.99. The summed E-state index contributed by atoms with van der Waals surface area (Å²) in [5.41, 5.74) is 0.910. The van der Waals surface area contributed by atoms with Crippen LogP contribution in [0.1, 0.15) is 30.9 Å². The second-order valence-corrected chi connectivity index (χ2v) is 8.23. The predicted molar refractivity (Wildman–Crippen MR) is 107 cm³/mol. The maximum absolute atomic E-state index is 12.4. The Morgan fingerprint density at radius 3 is 2.60 bits per heavy atom. The van der Waals surface area contributed by atoms with E-state index in [1.54, 1.807) is 0 Å². The van der Waals surface area contributed by atoms with Crippen molar-refractivity contribution < 1.29 is 9.90 Å². The first-order chi connectivity index (χ1) is 11.6. The number of amides is 1. The van der Waals surface area contributed by atoms with Crippen molar-refractivity contribution in [3.8, 4) is 0 Å². The molecule has 1 aromatic carbocycles. The Labute approximate surface area is 165 Å². The van der Waals surface area contributed by atoms with Gasteiger partial charge in [0.2, 0.25) is 5.91 Å². The predicted octanol–water partition coefficient (Wildman–Crippen LogP) is 3.13. The van der Waals surface area contributed by atoms with Gasteiger partial charge in [-0.05, 0) is 36.5 Å². The zero-order valence-corrected chi connectivity index (χ0v) is 16.6. The highest BCUT2D eigenvalue weighted by Crippen LogP contribution is 2.31. The molecule has 4 nitrogen and oxygen atoms in total. The Balaban J connectivity index is 0.00000225. The van der Waals surface area contributed by atoms with E-state index in [9.17, 15) is 9.90 Å². The largest absolute Gasteiger partial charge is 0.388 e. The molecule has 7 heteroatoms. The number of hydrogen-bond donors (Lipinski definition) is 2. The van der Waals surface area contributed by atoms with Crippen molar-refractivity contribution in [2.45, 2.75) is 31.4 Å². The SMILES string of the molecule is Cl.O=C(CC1CSCCN1)N1CCC(C(O)c2ccc(Cl)cc2)CC1. The molecule has 2 heterocycles. The smallest absolute Gasteiger partial charge is 0.224 e. The van der Waals surface area contributed by atoms with Gasteiger partial charge in [0.25, 0.3) is 0 Å². The van der Waals surface area contributed by atoms with Crippen LogP contribution in [-0.2, 0) is 4.79 Å². The molecule has 2 aliphatic rings. The molecule has 2 fully saturated rings. The average molecular weight is 405 g/mol. The Bertz CT molecular complexity index is 545. The summed E-state index contributed by atoms with van der Waals surface area (Å²) in [6, 6.07) is 7.71. The highest BCUT2D eigenvalue weighted by atomic mass is 35.5. The first-order valence-corrected chi connectivity index (χ1v) is 10.2. The summed E-state index contributed by atoms with van der Waals surface area (Å²) in [5, 5.41) is 14.7. The van der Waals surface area contributed by atoms with Crippen LogP contribution in [0.2, 0.25) is 5.02 Å². The third kappa shape index (κ3) is 5.76. The van der Waals surface area contributed by atoms with Crippen LogP contribution < -0.4 is 5.32 Å². The molecule has 2 unspecified atom stereocenters. The molecular weight excluding hydrogens is 379 g/mol. The molecule has 25 heavy (non-hydrogen) atoms. The van der Waals surface area contributed by atoms with Crippen molar-refractivity contribution in [1.82, 2.24) is 10.2 Å². The molecule has 0 bridgehead atoms. The van der Waals surface area contributed by atoms with Crippen LogP contribution in [0.25, 0.3) is 0 Å². The number of piperidine rings is 1. The number of hydrogen-bond acceptors (Lipinski definition) is 4. The number of rotatable bonds is 4. The van der Waals surface area contributed by atoms with Gasteiger partial charge < -0.3 is 15.3 Å². The van der Waals surface area contributed by atoms with Gasteiger partial charge in [0.15, 0.2) is 0 Å². The van der Waals surface area contributed by atoms with Gasteiger partial charge in [-0.25, -0.2) is 0 Å². The fourth-order valence-electron chi connectivity index (χ4n) is 3.49. The molecular formula is C18H26Cl2N2O2S. The minimum atomic E-state index is -0.476. The molecule has 0 radical (unpaired) electrons. The number of likely N-dealkylation sites (tertiary alicyclic amines) is 1. The van der Waals surface area contributed by atoms with Crippen LogP contribution in [0.15, 0.2) is 24.3 Å². The fourth-order valence-corrected chi connectivity index (χ4v) is 4.56. The third-order valence-electron chi connectivity index (χ3n) is 4.97. The van der Waals surface area contributed by atoms with Crippen molar-refractivity contribution in [2.24, 2.45) is 5.92 Å². The lowest BCUT2D eigenvalue weighted by Gasteiger charge is -2.35. The first-order valence-electron chi connectivity index (χ1n) is 8.66. The molecule has 2 N–H and O–H groups in total. The maximum Gasteiger partial charge on any atom is 0.224 e. The summed E-state index contributed by atoms with van der Waals surface area (Å²) >= 11 is 7.82. The molecule has 2 saturated heterocycles. The maximum atomic E-state index is 12.4. The molecule has 0 saturated carbocycles.